The Morgan fingerprint density at radius 2 is 2.12 bits per heavy atom. The van der Waals surface area contributed by atoms with Gasteiger partial charge in [-0.15, -0.1) is 5.10 Å². The van der Waals surface area contributed by atoms with Gasteiger partial charge in [-0.2, -0.15) is 9.90 Å². The fourth-order valence-electron chi connectivity index (χ4n) is 2.01. The van der Waals surface area contributed by atoms with E-state index in [4.69, 9.17) is 4.74 Å². The lowest BCUT2D eigenvalue weighted by molar-refractivity contribution is -0.117. The van der Waals surface area contributed by atoms with Gasteiger partial charge in [0.05, 0.1) is 23.8 Å². The van der Waals surface area contributed by atoms with E-state index in [1.165, 1.54) is 6.20 Å². The number of amides is 2. The van der Waals surface area contributed by atoms with Crippen LogP contribution in [0.4, 0.5) is 16.6 Å². The molecule has 0 atom stereocenters. The number of nitrogens with zero attached hydrogens (tertiary/aromatic N) is 4. The first-order chi connectivity index (χ1) is 11.6. The van der Waals surface area contributed by atoms with Gasteiger partial charge in [0.1, 0.15) is 6.54 Å². The number of benzene rings is 1. The van der Waals surface area contributed by atoms with Gasteiger partial charge in [-0.25, -0.2) is 9.78 Å². The monoisotopic (exact) mass is 329 g/mol. The Balaban J connectivity index is 1.58. The summed E-state index contributed by atoms with van der Waals surface area (Å²) in [6.07, 6.45) is 0.696. The summed E-state index contributed by atoms with van der Waals surface area (Å²) in [6, 6.07) is 7.43. The lowest BCUT2D eigenvalue weighted by atomic mass is 10.3. The molecule has 0 spiro atoms. The molecule has 3 rings (SSSR count). The molecule has 0 saturated heterocycles. The van der Waals surface area contributed by atoms with Gasteiger partial charge in [0.2, 0.25) is 11.9 Å². The van der Waals surface area contributed by atoms with Crippen LogP contribution in [0.5, 0.6) is 0 Å². The largest absolute Gasteiger partial charge is 0.450 e. The van der Waals surface area contributed by atoms with Gasteiger partial charge in [-0.05, 0) is 19.1 Å². The lowest BCUT2D eigenvalue weighted by Gasteiger charge is -2.01. The Labute approximate surface area is 136 Å². The molecule has 124 valence electrons. The molecule has 1 aromatic carbocycles. The highest BCUT2D eigenvalue weighted by molar-refractivity contribution is 5.90. The van der Waals surface area contributed by atoms with Crippen molar-refractivity contribution in [2.45, 2.75) is 13.5 Å². The fourth-order valence-corrected chi connectivity index (χ4v) is 2.01. The summed E-state index contributed by atoms with van der Waals surface area (Å²) in [7, 11) is 0. The zero-order valence-corrected chi connectivity index (χ0v) is 12.8. The number of imidazole rings is 1. The van der Waals surface area contributed by atoms with Crippen molar-refractivity contribution in [1.29, 1.82) is 0 Å². The lowest BCUT2D eigenvalue weighted by Crippen LogP contribution is -2.21. The van der Waals surface area contributed by atoms with Crippen LogP contribution in [0.25, 0.3) is 11.0 Å². The van der Waals surface area contributed by atoms with E-state index in [0.717, 1.165) is 15.8 Å². The molecular formula is C14H15N7O3. The third-order valence-corrected chi connectivity index (χ3v) is 2.97. The Kier molecular flexibility index (Phi) is 4.36. The number of nitrogens with one attached hydrogen (secondary N) is 3. The molecule has 3 N–H and O–H groups in total. The molecule has 0 aliphatic carbocycles. The molecule has 2 aromatic heterocycles. The van der Waals surface area contributed by atoms with Crippen molar-refractivity contribution in [2.75, 3.05) is 17.2 Å². The molecule has 2 amide bonds. The smallest absolute Gasteiger partial charge is 0.412 e. The Morgan fingerprint density at radius 1 is 1.29 bits per heavy atom. The summed E-state index contributed by atoms with van der Waals surface area (Å²) < 4.78 is 4.73. The predicted molar refractivity (Wildman–Crippen MR) is 85.4 cm³/mol. The SMILES string of the molecule is CCOC(=O)Nc1cnn(CC(=O)Nc2nc3ccccc3[nH]2)n1. The summed E-state index contributed by atoms with van der Waals surface area (Å²) in [5.41, 5.74) is 1.58. The highest BCUT2D eigenvalue weighted by Gasteiger charge is 2.11. The molecule has 2 heterocycles. The molecule has 24 heavy (non-hydrogen) atoms. The van der Waals surface area contributed by atoms with Gasteiger partial charge in [-0.1, -0.05) is 12.1 Å². The molecule has 0 unspecified atom stereocenters. The number of hydrogen-bond acceptors (Lipinski definition) is 6. The molecule has 0 fully saturated rings. The van der Waals surface area contributed by atoms with Crippen LogP contribution >= 0.6 is 0 Å². The minimum absolute atomic E-state index is 0.123. The molecule has 10 heteroatoms. The molecule has 0 aliphatic rings. The van der Waals surface area contributed by atoms with E-state index in [1.807, 2.05) is 24.3 Å². The average Bonchev–Trinajstić information content (AvgIpc) is 3.13. The van der Waals surface area contributed by atoms with Crippen molar-refractivity contribution < 1.29 is 14.3 Å². The number of carbonyl (C=O) groups excluding carboxylic acids is 2. The Bertz CT molecular complexity index is 837. The van der Waals surface area contributed by atoms with Crippen molar-refractivity contribution in [1.82, 2.24) is 25.0 Å². The van der Waals surface area contributed by atoms with E-state index in [2.05, 4.69) is 30.8 Å². The summed E-state index contributed by atoms with van der Waals surface area (Å²) in [5, 5.41) is 12.9. The zero-order chi connectivity index (χ0) is 16.9. The number of aromatic amines is 1. The van der Waals surface area contributed by atoms with Crippen molar-refractivity contribution in [3.63, 3.8) is 0 Å². The first kappa shape index (κ1) is 15.5. The van der Waals surface area contributed by atoms with Gasteiger partial charge in [-0.3, -0.25) is 15.4 Å². The minimum atomic E-state index is -0.628. The Hall–Kier alpha value is -3.43. The molecule has 3 aromatic rings. The van der Waals surface area contributed by atoms with Crippen LogP contribution in [-0.2, 0) is 16.1 Å². The van der Waals surface area contributed by atoms with Crippen molar-refractivity contribution >= 4 is 34.8 Å². The maximum atomic E-state index is 12.0. The molecule has 0 aliphatic heterocycles. The number of carbonyl (C=O) groups is 2. The average molecular weight is 329 g/mol. The molecular weight excluding hydrogens is 314 g/mol. The van der Waals surface area contributed by atoms with Crippen molar-refractivity contribution in [2.24, 2.45) is 0 Å². The maximum absolute atomic E-state index is 12.0. The maximum Gasteiger partial charge on any atom is 0.412 e. The second kappa shape index (κ2) is 6.77. The second-order valence-corrected chi connectivity index (χ2v) is 4.76. The normalized spacial score (nSPS) is 10.5. The van der Waals surface area contributed by atoms with E-state index in [1.54, 1.807) is 6.92 Å². The fraction of sp³-hybridized carbons (Fsp3) is 0.214. The number of hydrogen-bond donors (Lipinski definition) is 3. The number of fused-ring (bicyclic) bond motifs is 1. The van der Waals surface area contributed by atoms with Crippen LogP contribution in [0.1, 0.15) is 6.92 Å². The number of anilines is 2. The first-order valence-corrected chi connectivity index (χ1v) is 7.22. The number of aromatic nitrogens is 5. The van der Waals surface area contributed by atoms with Crippen molar-refractivity contribution in [3.8, 4) is 0 Å². The molecule has 10 nitrogen and oxygen atoms in total. The van der Waals surface area contributed by atoms with Gasteiger partial charge in [0, 0.05) is 0 Å². The summed E-state index contributed by atoms with van der Waals surface area (Å²) >= 11 is 0. The Morgan fingerprint density at radius 3 is 2.92 bits per heavy atom. The van der Waals surface area contributed by atoms with E-state index < -0.39 is 6.09 Å². The van der Waals surface area contributed by atoms with Gasteiger partial charge >= 0.3 is 6.09 Å². The van der Waals surface area contributed by atoms with Gasteiger partial charge in [0.15, 0.2) is 5.82 Å². The number of para-hydroxylation sites is 2. The van der Waals surface area contributed by atoms with Gasteiger partial charge < -0.3 is 9.72 Å². The molecule has 0 saturated carbocycles. The van der Waals surface area contributed by atoms with E-state index >= 15 is 0 Å². The molecule has 0 bridgehead atoms. The highest BCUT2D eigenvalue weighted by Crippen LogP contribution is 2.13. The van der Waals surface area contributed by atoms with Crippen molar-refractivity contribution in [3.05, 3.63) is 30.5 Å². The topological polar surface area (TPSA) is 127 Å². The summed E-state index contributed by atoms with van der Waals surface area (Å²) in [6.45, 7) is 1.82. The van der Waals surface area contributed by atoms with E-state index in [9.17, 15) is 9.59 Å². The zero-order valence-electron chi connectivity index (χ0n) is 12.8. The van der Waals surface area contributed by atoms with E-state index in [-0.39, 0.29) is 24.9 Å². The van der Waals surface area contributed by atoms with Crippen LogP contribution in [-0.4, -0.2) is 43.6 Å². The highest BCUT2D eigenvalue weighted by atomic mass is 16.5. The number of ether oxygens (including phenoxy) is 1. The second-order valence-electron chi connectivity index (χ2n) is 4.76. The van der Waals surface area contributed by atoms with Crippen LogP contribution in [0, 0.1) is 0 Å². The number of rotatable bonds is 5. The van der Waals surface area contributed by atoms with E-state index in [0.29, 0.717) is 5.95 Å². The van der Waals surface area contributed by atoms with Crippen LogP contribution in [0.15, 0.2) is 30.5 Å². The standard InChI is InChI=1S/C14H15N7O3/c1-2-24-14(23)18-11-7-15-21(20-11)8-12(22)19-13-16-9-5-3-4-6-10(9)17-13/h3-7H,2,8H2,1H3,(H,18,20,23)(H2,16,17,19,22). The summed E-state index contributed by atoms with van der Waals surface area (Å²) in [5.74, 6) is 0.190. The third kappa shape index (κ3) is 3.66. The molecule has 0 radical (unpaired) electrons. The first-order valence-electron chi connectivity index (χ1n) is 7.22. The third-order valence-electron chi connectivity index (χ3n) is 2.97. The van der Waals surface area contributed by atoms with Crippen LogP contribution in [0.2, 0.25) is 0 Å². The van der Waals surface area contributed by atoms with Crippen LogP contribution < -0.4 is 10.6 Å². The predicted octanol–water partition coefficient (Wildman–Crippen LogP) is 1.36. The number of H-pyrrole nitrogens is 1. The van der Waals surface area contributed by atoms with Crippen LogP contribution in [0.3, 0.4) is 0 Å². The quantitative estimate of drug-likeness (QED) is 0.648. The minimum Gasteiger partial charge on any atom is -0.450 e. The van der Waals surface area contributed by atoms with Gasteiger partial charge in [0.25, 0.3) is 0 Å². The summed E-state index contributed by atoms with van der Waals surface area (Å²) in [4.78, 5) is 31.7.